The molecule has 1 nitrogen and oxygen atoms in total. The Morgan fingerprint density at radius 1 is 1.33 bits per heavy atom. The van der Waals surface area contributed by atoms with Gasteiger partial charge in [0.05, 0.1) is 11.6 Å². The summed E-state index contributed by atoms with van der Waals surface area (Å²) >= 11 is 0. The van der Waals surface area contributed by atoms with Gasteiger partial charge < -0.3 is 0 Å². The molecule has 1 aromatic carbocycles. The fraction of sp³-hybridized carbons (Fsp3) is 0.273. The maximum Gasteiger partial charge on any atom is 0.0994 e. The number of nitriles is 1. The van der Waals surface area contributed by atoms with Crippen molar-refractivity contribution in [3.05, 3.63) is 40.8 Å². The van der Waals surface area contributed by atoms with Crippen LogP contribution in [0.1, 0.15) is 30.5 Å². The van der Waals surface area contributed by atoms with E-state index >= 15 is 0 Å². The summed E-state index contributed by atoms with van der Waals surface area (Å²) in [7, 11) is 0. The van der Waals surface area contributed by atoms with Gasteiger partial charge in [-0.15, -0.1) is 0 Å². The van der Waals surface area contributed by atoms with Crippen LogP contribution < -0.4 is 0 Å². The van der Waals surface area contributed by atoms with Crippen LogP contribution in [0.3, 0.4) is 0 Å². The zero-order chi connectivity index (χ0) is 9.14. The van der Waals surface area contributed by atoms with Crippen LogP contribution in [0.5, 0.6) is 0 Å². The minimum Gasteiger partial charge on any atom is -0.192 e. The van der Waals surface area contributed by atoms with E-state index in [0.29, 0.717) is 0 Å². The Hall–Kier alpha value is -1.29. The Balaban J connectivity index is 3.25. The standard InChI is InChI=1S/C11H12N/c1-8(2)11-6-4-5-10(7-12)9(11)3/h4-6H,1-3H3. The number of nitrogens with zero attached hydrogens (tertiary/aromatic N) is 1. The third-order valence-corrected chi connectivity index (χ3v) is 1.99. The van der Waals surface area contributed by atoms with Crippen molar-refractivity contribution in [3.8, 4) is 6.07 Å². The molecule has 0 N–H and O–H groups in total. The summed E-state index contributed by atoms with van der Waals surface area (Å²) in [5.74, 6) is 1.25. The Morgan fingerprint density at radius 2 is 2.00 bits per heavy atom. The number of hydrogen-bond acceptors (Lipinski definition) is 1. The predicted octanol–water partition coefficient (Wildman–Crippen LogP) is 2.83. The number of hydrogen-bond donors (Lipinski definition) is 0. The molecular weight excluding hydrogens is 146 g/mol. The van der Waals surface area contributed by atoms with Crippen molar-refractivity contribution in [2.24, 2.45) is 0 Å². The normalized spacial score (nSPS) is 9.92. The highest BCUT2D eigenvalue weighted by atomic mass is 14.2. The summed E-state index contributed by atoms with van der Waals surface area (Å²) in [6.45, 7) is 6.11. The lowest BCUT2D eigenvalue weighted by Crippen LogP contribution is -1.94. The molecule has 0 fully saturated rings. The van der Waals surface area contributed by atoms with E-state index in [2.05, 4.69) is 19.9 Å². The lowest BCUT2D eigenvalue weighted by atomic mass is 9.95. The molecule has 0 bridgehead atoms. The van der Waals surface area contributed by atoms with Gasteiger partial charge in [0.1, 0.15) is 0 Å². The molecule has 0 atom stereocenters. The highest BCUT2D eigenvalue weighted by molar-refractivity contribution is 5.46. The first kappa shape index (κ1) is 8.80. The van der Waals surface area contributed by atoms with Gasteiger partial charge in [-0.05, 0) is 30.0 Å². The monoisotopic (exact) mass is 158 g/mol. The van der Waals surface area contributed by atoms with Crippen molar-refractivity contribution in [2.45, 2.75) is 20.8 Å². The molecule has 0 aliphatic carbocycles. The van der Waals surface area contributed by atoms with Crippen LogP contribution in [-0.4, -0.2) is 0 Å². The maximum atomic E-state index is 8.77. The lowest BCUT2D eigenvalue weighted by molar-refractivity contribution is 1.12. The van der Waals surface area contributed by atoms with Gasteiger partial charge in [-0.2, -0.15) is 5.26 Å². The molecule has 0 spiro atoms. The van der Waals surface area contributed by atoms with E-state index in [0.717, 1.165) is 11.1 Å². The molecule has 1 heteroatoms. The average molecular weight is 158 g/mol. The molecule has 0 unspecified atom stereocenters. The van der Waals surface area contributed by atoms with Crippen molar-refractivity contribution < 1.29 is 0 Å². The first-order valence-electron chi connectivity index (χ1n) is 3.97. The Bertz CT molecular complexity index is 318. The Labute approximate surface area is 73.6 Å². The lowest BCUT2D eigenvalue weighted by Gasteiger charge is -2.09. The van der Waals surface area contributed by atoms with Crippen LogP contribution in [0.15, 0.2) is 18.2 Å². The van der Waals surface area contributed by atoms with Crippen molar-refractivity contribution >= 4 is 0 Å². The van der Waals surface area contributed by atoms with E-state index in [4.69, 9.17) is 5.26 Å². The molecule has 1 rings (SSSR count). The SMILES string of the molecule is C[C](C)c1cccc(C#N)c1C. The minimum atomic E-state index is 0.772. The zero-order valence-corrected chi connectivity index (χ0v) is 7.68. The van der Waals surface area contributed by atoms with Crippen LogP contribution in [0.4, 0.5) is 0 Å². The van der Waals surface area contributed by atoms with Crippen molar-refractivity contribution in [1.29, 1.82) is 5.26 Å². The molecule has 1 aromatic rings. The summed E-state index contributed by atoms with van der Waals surface area (Å²) in [6.07, 6.45) is 0. The van der Waals surface area contributed by atoms with Crippen molar-refractivity contribution in [2.75, 3.05) is 0 Å². The molecule has 0 saturated heterocycles. The molecule has 1 radical (unpaired) electrons. The third kappa shape index (κ3) is 1.48. The maximum absolute atomic E-state index is 8.77. The third-order valence-electron chi connectivity index (χ3n) is 1.99. The Morgan fingerprint density at radius 3 is 2.50 bits per heavy atom. The summed E-state index contributed by atoms with van der Waals surface area (Å²) in [5, 5.41) is 8.77. The van der Waals surface area contributed by atoms with Crippen LogP contribution >= 0.6 is 0 Å². The van der Waals surface area contributed by atoms with E-state index in [1.165, 1.54) is 11.5 Å². The van der Waals surface area contributed by atoms with Gasteiger partial charge in [-0.3, -0.25) is 0 Å². The van der Waals surface area contributed by atoms with E-state index in [1.54, 1.807) is 0 Å². The van der Waals surface area contributed by atoms with E-state index in [1.807, 2.05) is 25.1 Å². The van der Waals surface area contributed by atoms with Gasteiger partial charge in [0.25, 0.3) is 0 Å². The van der Waals surface area contributed by atoms with E-state index in [-0.39, 0.29) is 0 Å². The second-order valence-corrected chi connectivity index (χ2v) is 3.09. The van der Waals surface area contributed by atoms with Crippen LogP contribution in [-0.2, 0) is 0 Å². The average Bonchev–Trinajstić information content (AvgIpc) is 2.04. The fourth-order valence-corrected chi connectivity index (χ4v) is 1.30. The molecule has 0 aromatic heterocycles. The van der Waals surface area contributed by atoms with Crippen molar-refractivity contribution in [1.82, 2.24) is 0 Å². The van der Waals surface area contributed by atoms with Crippen LogP contribution in [0.2, 0.25) is 0 Å². The number of benzene rings is 1. The van der Waals surface area contributed by atoms with Crippen molar-refractivity contribution in [3.63, 3.8) is 0 Å². The van der Waals surface area contributed by atoms with E-state index in [9.17, 15) is 0 Å². The van der Waals surface area contributed by atoms with Gasteiger partial charge in [0.15, 0.2) is 0 Å². The highest BCUT2D eigenvalue weighted by Gasteiger charge is 2.05. The number of rotatable bonds is 1. The second-order valence-electron chi connectivity index (χ2n) is 3.09. The summed E-state index contributed by atoms with van der Waals surface area (Å²) < 4.78 is 0. The van der Waals surface area contributed by atoms with Gasteiger partial charge in [-0.25, -0.2) is 0 Å². The largest absolute Gasteiger partial charge is 0.192 e. The van der Waals surface area contributed by atoms with E-state index < -0.39 is 0 Å². The van der Waals surface area contributed by atoms with Gasteiger partial charge in [0.2, 0.25) is 0 Å². The summed E-state index contributed by atoms with van der Waals surface area (Å²) in [5.41, 5.74) is 3.04. The predicted molar refractivity (Wildman–Crippen MR) is 49.6 cm³/mol. The summed E-state index contributed by atoms with van der Waals surface area (Å²) in [4.78, 5) is 0. The quantitative estimate of drug-likeness (QED) is 0.616. The molecule has 0 amide bonds. The van der Waals surface area contributed by atoms with Gasteiger partial charge >= 0.3 is 0 Å². The molecular formula is C11H12N. The fourth-order valence-electron chi connectivity index (χ4n) is 1.30. The first-order chi connectivity index (χ1) is 5.66. The second kappa shape index (κ2) is 3.40. The summed E-state index contributed by atoms with van der Waals surface area (Å²) in [6, 6.07) is 8.00. The Kier molecular flexibility index (Phi) is 2.50. The zero-order valence-electron chi connectivity index (χ0n) is 7.68. The molecule has 12 heavy (non-hydrogen) atoms. The van der Waals surface area contributed by atoms with Gasteiger partial charge in [-0.1, -0.05) is 26.0 Å². The first-order valence-corrected chi connectivity index (χ1v) is 3.97. The molecule has 0 heterocycles. The highest BCUT2D eigenvalue weighted by Crippen LogP contribution is 2.20. The molecule has 0 aliphatic heterocycles. The van der Waals surface area contributed by atoms with Crippen LogP contribution in [0.25, 0.3) is 0 Å². The topological polar surface area (TPSA) is 23.8 Å². The molecule has 0 saturated carbocycles. The molecule has 0 aliphatic rings. The smallest absolute Gasteiger partial charge is 0.0994 e. The minimum absolute atomic E-state index is 0.772. The van der Waals surface area contributed by atoms with Gasteiger partial charge in [0, 0.05) is 0 Å². The van der Waals surface area contributed by atoms with Crippen LogP contribution in [0, 0.1) is 24.2 Å². The molecule has 61 valence electrons.